The largest absolute Gasteiger partial charge is 0.495 e. The smallest absolute Gasteiger partial charge is 0.139 e. The van der Waals surface area contributed by atoms with Gasteiger partial charge in [0.25, 0.3) is 0 Å². The lowest BCUT2D eigenvalue weighted by atomic mass is 10.1. The van der Waals surface area contributed by atoms with Crippen molar-refractivity contribution in [2.24, 2.45) is 0 Å². The van der Waals surface area contributed by atoms with E-state index in [1.165, 1.54) is 11.3 Å². The number of hydrogen-bond acceptors (Lipinski definition) is 3. The van der Waals surface area contributed by atoms with Gasteiger partial charge >= 0.3 is 0 Å². The van der Waals surface area contributed by atoms with Crippen LogP contribution in [-0.4, -0.2) is 42.1 Å². The Morgan fingerprint density at radius 2 is 2.18 bits per heavy atom. The van der Waals surface area contributed by atoms with Gasteiger partial charge in [-0.2, -0.15) is 0 Å². The molecule has 17 heavy (non-hydrogen) atoms. The standard InChI is InChI=1S/C13H17N3O/c1-16-5-3-10-11(4-6-16)15-12-7-9(17-2)8-14-13(10)12/h7-8,15H,3-6H2,1-2H3. The maximum Gasteiger partial charge on any atom is 0.139 e. The van der Waals surface area contributed by atoms with Crippen molar-refractivity contribution in [2.75, 3.05) is 27.2 Å². The summed E-state index contributed by atoms with van der Waals surface area (Å²) in [5, 5.41) is 0. The molecule has 90 valence electrons. The Morgan fingerprint density at radius 3 is 3.00 bits per heavy atom. The predicted octanol–water partition coefficient (Wildman–Crippen LogP) is 1.60. The Kier molecular flexibility index (Phi) is 2.52. The summed E-state index contributed by atoms with van der Waals surface area (Å²) in [6.45, 7) is 2.21. The minimum atomic E-state index is 0.811. The molecule has 0 aliphatic carbocycles. The molecule has 0 atom stereocenters. The third kappa shape index (κ3) is 1.78. The Bertz CT molecular complexity index is 547. The molecule has 1 aliphatic rings. The summed E-state index contributed by atoms with van der Waals surface area (Å²) in [4.78, 5) is 10.4. The molecule has 0 saturated heterocycles. The number of aromatic nitrogens is 2. The van der Waals surface area contributed by atoms with Gasteiger partial charge in [0.05, 0.1) is 24.3 Å². The predicted molar refractivity (Wildman–Crippen MR) is 67.6 cm³/mol. The molecule has 0 fully saturated rings. The van der Waals surface area contributed by atoms with Gasteiger partial charge in [-0.1, -0.05) is 0 Å². The van der Waals surface area contributed by atoms with E-state index in [9.17, 15) is 0 Å². The van der Waals surface area contributed by atoms with Crippen LogP contribution in [-0.2, 0) is 12.8 Å². The van der Waals surface area contributed by atoms with Crippen molar-refractivity contribution in [3.05, 3.63) is 23.5 Å². The van der Waals surface area contributed by atoms with Crippen LogP contribution in [0.2, 0.25) is 0 Å². The normalized spacial score (nSPS) is 16.8. The van der Waals surface area contributed by atoms with E-state index in [1.54, 1.807) is 13.3 Å². The molecule has 0 radical (unpaired) electrons. The molecule has 1 N–H and O–H groups in total. The lowest BCUT2D eigenvalue weighted by Gasteiger charge is -2.11. The van der Waals surface area contributed by atoms with Crippen LogP contribution in [0.25, 0.3) is 11.0 Å². The number of hydrogen-bond donors (Lipinski definition) is 1. The van der Waals surface area contributed by atoms with E-state index in [0.29, 0.717) is 0 Å². The average Bonchev–Trinajstić information content (AvgIpc) is 2.60. The average molecular weight is 231 g/mol. The Hall–Kier alpha value is -1.55. The number of pyridine rings is 1. The number of nitrogens with one attached hydrogen (secondary N) is 1. The molecule has 0 saturated carbocycles. The van der Waals surface area contributed by atoms with Crippen LogP contribution in [0.3, 0.4) is 0 Å². The van der Waals surface area contributed by atoms with Gasteiger partial charge in [-0.25, -0.2) is 0 Å². The van der Waals surface area contributed by atoms with Gasteiger partial charge in [-0.3, -0.25) is 4.98 Å². The first-order valence-corrected chi connectivity index (χ1v) is 6.00. The molecule has 0 unspecified atom stereocenters. The minimum Gasteiger partial charge on any atom is -0.495 e. The summed E-state index contributed by atoms with van der Waals surface area (Å²) in [6.07, 6.45) is 3.95. The number of nitrogens with zero attached hydrogens (tertiary/aromatic N) is 2. The van der Waals surface area contributed by atoms with Crippen LogP contribution in [0.15, 0.2) is 12.3 Å². The lowest BCUT2D eigenvalue weighted by molar-refractivity contribution is 0.352. The van der Waals surface area contributed by atoms with Gasteiger partial charge in [0.1, 0.15) is 5.75 Å². The fourth-order valence-corrected chi connectivity index (χ4v) is 2.47. The number of ether oxygens (including phenoxy) is 1. The number of rotatable bonds is 1. The van der Waals surface area contributed by atoms with Crippen molar-refractivity contribution in [1.82, 2.24) is 14.9 Å². The molecule has 3 rings (SSSR count). The Morgan fingerprint density at radius 1 is 1.35 bits per heavy atom. The van der Waals surface area contributed by atoms with Crippen LogP contribution in [0.1, 0.15) is 11.3 Å². The van der Waals surface area contributed by atoms with Gasteiger partial charge in [0.2, 0.25) is 0 Å². The van der Waals surface area contributed by atoms with Crippen molar-refractivity contribution in [2.45, 2.75) is 12.8 Å². The van der Waals surface area contributed by atoms with E-state index >= 15 is 0 Å². The summed E-state index contributed by atoms with van der Waals surface area (Å²) in [5.74, 6) is 0.811. The first-order chi connectivity index (χ1) is 8.28. The second-order valence-electron chi connectivity index (χ2n) is 4.66. The number of aromatic amines is 1. The molecule has 2 aromatic heterocycles. The maximum atomic E-state index is 5.21. The number of H-pyrrole nitrogens is 1. The van der Waals surface area contributed by atoms with Crippen molar-refractivity contribution in [3.63, 3.8) is 0 Å². The van der Waals surface area contributed by atoms with E-state index in [0.717, 1.165) is 42.7 Å². The summed E-state index contributed by atoms with van der Waals surface area (Å²) in [7, 11) is 3.84. The highest BCUT2D eigenvalue weighted by molar-refractivity contribution is 5.81. The summed E-state index contributed by atoms with van der Waals surface area (Å²) < 4.78 is 5.21. The molecule has 0 bridgehead atoms. The second-order valence-corrected chi connectivity index (χ2v) is 4.66. The summed E-state index contributed by atoms with van der Waals surface area (Å²) in [6, 6.07) is 2.03. The second kappa shape index (κ2) is 4.04. The molecule has 1 aliphatic heterocycles. The zero-order chi connectivity index (χ0) is 11.8. The SMILES string of the molecule is COc1cnc2c3c([nH]c2c1)CCN(C)CC3. The van der Waals surface area contributed by atoms with Crippen LogP contribution < -0.4 is 4.74 Å². The Balaban J connectivity index is 2.10. The fraction of sp³-hybridized carbons (Fsp3) is 0.462. The molecule has 0 aromatic carbocycles. The van der Waals surface area contributed by atoms with Crippen LogP contribution in [0.4, 0.5) is 0 Å². The van der Waals surface area contributed by atoms with Crippen LogP contribution >= 0.6 is 0 Å². The molecular formula is C13H17N3O. The summed E-state index contributed by atoms with van der Waals surface area (Å²) in [5.41, 5.74) is 4.92. The van der Waals surface area contributed by atoms with Crippen LogP contribution in [0, 0.1) is 0 Å². The topological polar surface area (TPSA) is 41.1 Å². The molecule has 0 spiro atoms. The van der Waals surface area contributed by atoms with Gasteiger partial charge < -0.3 is 14.6 Å². The first-order valence-electron chi connectivity index (χ1n) is 6.00. The maximum absolute atomic E-state index is 5.21. The Labute approximate surface area is 101 Å². The van der Waals surface area contributed by atoms with E-state index < -0.39 is 0 Å². The number of methoxy groups -OCH3 is 1. The van der Waals surface area contributed by atoms with E-state index in [-0.39, 0.29) is 0 Å². The molecule has 0 amide bonds. The van der Waals surface area contributed by atoms with Crippen molar-refractivity contribution < 1.29 is 4.74 Å². The minimum absolute atomic E-state index is 0.811. The number of fused-ring (bicyclic) bond motifs is 3. The van der Waals surface area contributed by atoms with Crippen molar-refractivity contribution in [1.29, 1.82) is 0 Å². The molecule has 3 heterocycles. The number of likely N-dealkylation sites (N-methyl/N-ethyl adjacent to an activating group) is 1. The third-order valence-electron chi connectivity index (χ3n) is 3.52. The quantitative estimate of drug-likeness (QED) is 0.810. The van der Waals surface area contributed by atoms with Gasteiger partial charge in [0, 0.05) is 36.8 Å². The highest BCUT2D eigenvalue weighted by atomic mass is 16.5. The van der Waals surface area contributed by atoms with E-state index in [2.05, 4.69) is 21.9 Å². The highest BCUT2D eigenvalue weighted by Crippen LogP contribution is 2.26. The van der Waals surface area contributed by atoms with Gasteiger partial charge in [-0.05, 0) is 13.5 Å². The highest BCUT2D eigenvalue weighted by Gasteiger charge is 2.17. The van der Waals surface area contributed by atoms with E-state index in [4.69, 9.17) is 4.74 Å². The lowest BCUT2D eigenvalue weighted by Crippen LogP contribution is -2.21. The van der Waals surface area contributed by atoms with E-state index in [1.807, 2.05) is 6.07 Å². The molecule has 4 heteroatoms. The molecule has 2 aromatic rings. The third-order valence-corrected chi connectivity index (χ3v) is 3.52. The van der Waals surface area contributed by atoms with Gasteiger partial charge in [-0.15, -0.1) is 0 Å². The first kappa shape index (κ1) is 10.6. The zero-order valence-corrected chi connectivity index (χ0v) is 10.3. The fourth-order valence-electron chi connectivity index (χ4n) is 2.47. The monoisotopic (exact) mass is 231 g/mol. The van der Waals surface area contributed by atoms with Gasteiger partial charge in [0.15, 0.2) is 0 Å². The zero-order valence-electron chi connectivity index (χ0n) is 10.3. The molecule has 4 nitrogen and oxygen atoms in total. The van der Waals surface area contributed by atoms with Crippen molar-refractivity contribution in [3.8, 4) is 5.75 Å². The van der Waals surface area contributed by atoms with Crippen LogP contribution in [0.5, 0.6) is 5.75 Å². The summed E-state index contributed by atoms with van der Waals surface area (Å²) >= 11 is 0. The molecular weight excluding hydrogens is 214 g/mol. The van der Waals surface area contributed by atoms with Crippen molar-refractivity contribution >= 4 is 11.0 Å².